The highest BCUT2D eigenvalue weighted by molar-refractivity contribution is 5.93. The number of carbonyl (C=O) groups is 1. The molecule has 4 rings (SSSR count). The van der Waals surface area contributed by atoms with Crippen LogP contribution in [0.3, 0.4) is 0 Å². The van der Waals surface area contributed by atoms with Crippen molar-refractivity contribution in [1.82, 2.24) is 0 Å². The van der Waals surface area contributed by atoms with Crippen molar-refractivity contribution in [3.63, 3.8) is 0 Å². The number of benzene rings is 1. The van der Waals surface area contributed by atoms with E-state index in [2.05, 4.69) is 0 Å². The van der Waals surface area contributed by atoms with E-state index in [-0.39, 0.29) is 30.3 Å². The fourth-order valence-electron chi connectivity index (χ4n) is 4.54. The molecule has 122 valence electrons. The zero-order valence-electron chi connectivity index (χ0n) is 13.3. The maximum atomic E-state index is 12.4. The minimum Gasteiger partial charge on any atom is -0.454 e. The summed E-state index contributed by atoms with van der Waals surface area (Å²) in [6.07, 6.45) is 5.77. The van der Waals surface area contributed by atoms with Gasteiger partial charge in [0.1, 0.15) is 5.78 Å². The normalized spacial score (nSPS) is 32.2. The smallest absolute Gasteiger partial charge is 0.231 e. The standard InChI is InChI=1S/C19H22O4/c1-11(20)19-14-5-3-2-4-13(14)16(21)9-15(19)12-6-7-17-18(8-12)23-10-22-17/h6-9,13-14,16,19,21H,2-5,10H2,1H3/t13-,14-,16+,19+/m0/s1. The molecule has 3 aliphatic rings. The number of Topliss-reactive ketones (excluding diaryl/α,β-unsaturated/α-hetero) is 1. The summed E-state index contributed by atoms with van der Waals surface area (Å²) in [6, 6.07) is 5.78. The number of allylic oxidation sites excluding steroid dienone is 1. The molecule has 4 heteroatoms. The van der Waals surface area contributed by atoms with Crippen LogP contribution in [-0.4, -0.2) is 23.8 Å². The fraction of sp³-hybridized carbons (Fsp3) is 0.526. The summed E-state index contributed by atoms with van der Waals surface area (Å²) in [5, 5.41) is 10.6. The Morgan fingerprint density at radius 1 is 1.13 bits per heavy atom. The molecular formula is C19H22O4. The van der Waals surface area contributed by atoms with E-state index in [1.807, 2.05) is 24.3 Å². The second kappa shape index (κ2) is 5.68. The Labute approximate surface area is 136 Å². The van der Waals surface area contributed by atoms with Crippen molar-refractivity contribution in [2.75, 3.05) is 6.79 Å². The van der Waals surface area contributed by atoms with Gasteiger partial charge in [-0.1, -0.05) is 25.0 Å². The highest BCUT2D eigenvalue weighted by Gasteiger charge is 2.43. The Morgan fingerprint density at radius 2 is 1.87 bits per heavy atom. The van der Waals surface area contributed by atoms with Crippen molar-refractivity contribution in [1.29, 1.82) is 0 Å². The Hall–Kier alpha value is -1.81. The van der Waals surface area contributed by atoms with E-state index >= 15 is 0 Å². The Kier molecular flexibility index (Phi) is 3.64. The predicted octanol–water partition coefficient (Wildman–Crippen LogP) is 3.18. The van der Waals surface area contributed by atoms with Crippen LogP contribution in [0.15, 0.2) is 24.3 Å². The van der Waals surface area contributed by atoms with Crippen LogP contribution in [0.1, 0.15) is 38.2 Å². The molecule has 1 aromatic rings. The van der Waals surface area contributed by atoms with Gasteiger partial charge in [-0.2, -0.15) is 0 Å². The van der Waals surface area contributed by atoms with Crippen molar-refractivity contribution in [2.45, 2.75) is 38.7 Å². The SMILES string of the molecule is CC(=O)[C@H]1C(c2ccc3c(c2)OCO3)=C[C@@H](O)[C@H]2CCCC[C@H]12. The molecule has 0 amide bonds. The molecule has 0 spiro atoms. The molecule has 1 aliphatic heterocycles. The third-order valence-electron chi connectivity index (χ3n) is 5.57. The second-order valence-electron chi connectivity index (χ2n) is 6.88. The predicted molar refractivity (Wildman–Crippen MR) is 86.2 cm³/mol. The zero-order chi connectivity index (χ0) is 16.0. The van der Waals surface area contributed by atoms with Crippen molar-refractivity contribution >= 4 is 11.4 Å². The van der Waals surface area contributed by atoms with Gasteiger partial charge in [0.05, 0.1) is 6.10 Å². The summed E-state index contributed by atoms with van der Waals surface area (Å²) in [5.74, 6) is 1.99. The number of aliphatic hydroxyl groups is 1. The summed E-state index contributed by atoms with van der Waals surface area (Å²) < 4.78 is 10.8. The maximum absolute atomic E-state index is 12.4. The van der Waals surface area contributed by atoms with Crippen LogP contribution in [0.25, 0.3) is 5.57 Å². The molecule has 1 N–H and O–H groups in total. The number of carbonyl (C=O) groups excluding carboxylic acids is 1. The van der Waals surface area contributed by atoms with Crippen molar-refractivity contribution in [2.24, 2.45) is 17.8 Å². The lowest BCUT2D eigenvalue weighted by molar-refractivity contribution is -0.122. The number of rotatable bonds is 2. The van der Waals surface area contributed by atoms with E-state index in [9.17, 15) is 9.90 Å². The molecule has 4 atom stereocenters. The topological polar surface area (TPSA) is 55.8 Å². The van der Waals surface area contributed by atoms with Gasteiger partial charge in [0.2, 0.25) is 6.79 Å². The average molecular weight is 314 g/mol. The van der Waals surface area contributed by atoms with Crippen molar-refractivity contribution in [3.8, 4) is 11.5 Å². The van der Waals surface area contributed by atoms with Crippen molar-refractivity contribution in [3.05, 3.63) is 29.8 Å². The third kappa shape index (κ3) is 2.45. The molecule has 1 saturated carbocycles. The molecule has 1 fully saturated rings. The number of fused-ring (bicyclic) bond motifs is 2. The second-order valence-corrected chi connectivity index (χ2v) is 6.88. The van der Waals surface area contributed by atoms with E-state index in [1.165, 1.54) is 0 Å². The highest BCUT2D eigenvalue weighted by Crippen LogP contribution is 2.48. The van der Waals surface area contributed by atoms with Crippen molar-refractivity contribution < 1.29 is 19.4 Å². The zero-order valence-corrected chi connectivity index (χ0v) is 13.3. The van der Waals surface area contributed by atoms with Crippen LogP contribution in [0.4, 0.5) is 0 Å². The van der Waals surface area contributed by atoms with E-state index in [0.717, 1.165) is 42.6 Å². The lowest BCUT2D eigenvalue weighted by Crippen LogP contribution is -2.41. The molecule has 1 heterocycles. The Morgan fingerprint density at radius 3 is 2.65 bits per heavy atom. The number of ether oxygens (including phenoxy) is 2. The maximum Gasteiger partial charge on any atom is 0.231 e. The lowest BCUT2D eigenvalue weighted by atomic mass is 9.62. The summed E-state index contributed by atoms with van der Waals surface area (Å²) >= 11 is 0. The van der Waals surface area contributed by atoms with Gasteiger partial charge in [-0.25, -0.2) is 0 Å². The Bertz CT molecular complexity index is 663. The number of hydrogen-bond donors (Lipinski definition) is 1. The molecule has 2 aliphatic carbocycles. The van der Waals surface area contributed by atoms with Crippen LogP contribution in [0.2, 0.25) is 0 Å². The molecule has 0 radical (unpaired) electrons. The third-order valence-corrected chi connectivity index (χ3v) is 5.57. The van der Waals surface area contributed by atoms with E-state index in [4.69, 9.17) is 9.47 Å². The summed E-state index contributed by atoms with van der Waals surface area (Å²) in [4.78, 5) is 12.4. The molecule has 23 heavy (non-hydrogen) atoms. The average Bonchev–Trinajstić information content (AvgIpc) is 3.02. The van der Waals surface area contributed by atoms with Gasteiger partial charge in [-0.3, -0.25) is 4.79 Å². The molecular weight excluding hydrogens is 292 g/mol. The molecule has 0 saturated heterocycles. The lowest BCUT2D eigenvalue weighted by Gasteiger charge is -2.43. The van der Waals surface area contributed by atoms with Crippen LogP contribution < -0.4 is 9.47 Å². The fourth-order valence-corrected chi connectivity index (χ4v) is 4.54. The molecule has 0 aromatic heterocycles. The van der Waals surface area contributed by atoms with Gasteiger partial charge >= 0.3 is 0 Å². The van der Waals surface area contributed by atoms with Crippen LogP contribution in [0, 0.1) is 17.8 Å². The first-order valence-corrected chi connectivity index (χ1v) is 8.45. The Balaban J connectivity index is 1.77. The minimum absolute atomic E-state index is 0.121. The number of aliphatic hydroxyl groups excluding tert-OH is 1. The van der Waals surface area contributed by atoms with Gasteiger partial charge in [0, 0.05) is 5.92 Å². The van der Waals surface area contributed by atoms with E-state index in [1.54, 1.807) is 6.92 Å². The summed E-state index contributed by atoms with van der Waals surface area (Å²) in [7, 11) is 0. The first-order valence-electron chi connectivity index (χ1n) is 8.45. The van der Waals surface area contributed by atoms with Gasteiger partial charge in [0.25, 0.3) is 0 Å². The molecule has 0 bridgehead atoms. The monoisotopic (exact) mass is 314 g/mol. The van der Waals surface area contributed by atoms with Gasteiger partial charge in [-0.15, -0.1) is 0 Å². The van der Waals surface area contributed by atoms with Gasteiger partial charge in [-0.05, 0) is 54.9 Å². The number of ketones is 1. The molecule has 1 aromatic carbocycles. The summed E-state index contributed by atoms with van der Waals surface area (Å²) in [5.41, 5.74) is 1.91. The first-order chi connectivity index (χ1) is 11.1. The summed E-state index contributed by atoms with van der Waals surface area (Å²) in [6.45, 7) is 1.91. The molecule has 0 unspecified atom stereocenters. The minimum atomic E-state index is -0.462. The van der Waals surface area contributed by atoms with E-state index < -0.39 is 6.10 Å². The highest BCUT2D eigenvalue weighted by atomic mass is 16.7. The van der Waals surface area contributed by atoms with Gasteiger partial charge in [0.15, 0.2) is 11.5 Å². The largest absolute Gasteiger partial charge is 0.454 e. The quantitative estimate of drug-likeness (QED) is 0.911. The van der Waals surface area contributed by atoms with Crippen LogP contribution >= 0.6 is 0 Å². The first kappa shape index (κ1) is 14.8. The van der Waals surface area contributed by atoms with Gasteiger partial charge < -0.3 is 14.6 Å². The van der Waals surface area contributed by atoms with Crippen LogP contribution in [0.5, 0.6) is 11.5 Å². The van der Waals surface area contributed by atoms with Crippen LogP contribution in [-0.2, 0) is 4.79 Å². The number of hydrogen-bond acceptors (Lipinski definition) is 4. The molecule has 4 nitrogen and oxygen atoms in total. The van der Waals surface area contributed by atoms with E-state index in [0.29, 0.717) is 5.75 Å².